The molecule has 0 unspecified atom stereocenters. The topological polar surface area (TPSA) is 23.6 Å². The van der Waals surface area contributed by atoms with E-state index in [1.54, 1.807) is 0 Å². The molecular formula is C27H38N2O. The molecule has 0 saturated heterocycles. The number of ketones is 1. The highest BCUT2D eigenvalue weighted by Gasteiger charge is 2.33. The predicted molar refractivity (Wildman–Crippen MR) is 130 cm³/mol. The zero-order valence-corrected chi connectivity index (χ0v) is 20.3. The quantitative estimate of drug-likeness (QED) is 0.490. The van der Waals surface area contributed by atoms with Crippen molar-refractivity contribution in [3.05, 3.63) is 48.0 Å². The Morgan fingerprint density at radius 3 is 1.53 bits per heavy atom. The molecule has 0 amide bonds. The number of carbonyl (C=O) groups excluding carboxylic acids is 1. The first-order valence-electron chi connectivity index (χ1n) is 11.0. The van der Waals surface area contributed by atoms with Crippen LogP contribution in [0.15, 0.2) is 42.5 Å². The molecule has 0 aliphatic carbocycles. The number of anilines is 4. The van der Waals surface area contributed by atoms with Gasteiger partial charge in [0.2, 0.25) is 0 Å². The number of rotatable bonds is 3. The van der Waals surface area contributed by atoms with Crippen molar-refractivity contribution in [2.45, 2.75) is 62.3 Å². The van der Waals surface area contributed by atoms with Crippen molar-refractivity contribution in [2.75, 3.05) is 22.9 Å². The predicted octanol–water partition coefficient (Wildman–Crippen LogP) is 7.60. The van der Waals surface area contributed by atoms with Crippen molar-refractivity contribution in [1.82, 2.24) is 0 Å². The van der Waals surface area contributed by atoms with Gasteiger partial charge in [0.05, 0.1) is 22.7 Å². The molecule has 2 aromatic carbocycles. The molecule has 0 atom stereocenters. The first kappa shape index (κ1) is 22.4. The van der Waals surface area contributed by atoms with Gasteiger partial charge < -0.3 is 9.80 Å². The molecule has 3 nitrogen and oxygen atoms in total. The Morgan fingerprint density at radius 1 is 0.667 bits per heavy atom. The number of benzene rings is 2. The zero-order chi connectivity index (χ0) is 22.5. The summed E-state index contributed by atoms with van der Waals surface area (Å²) in [4.78, 5) is 17.9. The minimum absolute atomic E-state index is 0.112. The first-order chi connectivity index (χ1) is 13.7. The second-order valence-electron chi connectivity index (χ2n) is 12.1. The van der Waals surface area contributed by atoms with Crippen LogP contribution in [0.25, 0.3) is 0 Å². The highest BCUT2D eigenvalue weighted by atomic mass is 16.1. The first-order valence-corrected chi connectivity index (χ1v) is 11.0. The Hall–Kier alpha value is -2.29. The SMILES string of the molecule is CC(C)(C)CN1c2ccccc2N(CC(C)(C)C)c2cc(C(=O)C(C)(C)C)ccc21. The Labute approximate surface area is 183 Å². The number of hydrogen-bond acceptors (Lipinski definition) is 3. The molecule has 30 heavy (non-hydrogen) atoms. The largest absolute Gasteiger partial charge is 0.338 e. The summed E-state index contributed by atoms with van der Waals surface area (Å²) < 4.78 is 0. The van der Waals surface area contributed by atoms with E-state index in [-0.39, 0.29) is 16.6 Å². The molecule has 0 spiro atoms. The van der Waals surface area contributed by atoms with Crippen LogP contribution in [0, 0.1) is 16.2 Å². The Kier molecular flexibility index (Phi) is 5.56. The molecule has 0 N–H and O–H groups in total. The van der Waals surface area contributed by atoms with Crippen LogP contribution in [0.4, 0.5) is 22.7 Å². The van der Waals surface area contributed by atoms with E-state index in [1.165, 1.54) is 17.1 Å². The van der Waals surface area contributed by atoms with E-state index in [9.17, 15) is 4.79 Å². The van der Waals surface area contributed by atoms with Crippen molar-refractivity contribution >= 4 is 28.5 Å². The fourth-order valence-corrected chi connectivity index (χ4v) is 4.01. The molecule has 0 radical (unpaired) electrons. The summed E-state index contributed by atoms with van der Waals surface area (Å²) in [6.07, 6.45) is 0. The minimum atomic E-state index is -0.402. The van der Waals surface area contributed by atoms with Crippen molar-refractivity contribution in [1.29, 1.82) is 0 Å². The van der Waals surface area contributed by atoms with Gasteiger partial charge in [-0.2, -0.15) is 0 Å². The molecule has 2 aromatic rings. The highest BCUT2D eigenvalue weighted by molar-refractivity contribution is 6.03. The van der Waals surface area contributed by atoms with Crippen molar-refractivity contribution < 1.29 is 4.79 Å². The maximum atomic E-state index is 13.1. The monoisotopic (exact) mass is 406 g/mol. The van der Waals surface area contributed by atoms with Crippen LogP contribution in [-0.4, -0.2) is 18.9 Å². The molecular weight excluding hydrogens is 368 g/mol. The molecule has 162 valence electrons. The minimum Gasteiger partial charge on any atom is -0.338 e. The second kappa shape index (κ2) is 7.44. The number of para-hydroxylation sites is 2. The van der Waals surface area contributed by atoms with Crippen molar-refractivity contribution in [3.8, 4) is 0 Å². The van der Waals surface area contributed by atoms with Gasteiger partial charge in [-0.1, -0.05) is 74.4 Å². The third kappa shape index (κ3) is 4.71. The summed E-state index contributed by atoms with van der Waals surface area (Å²) >= 11 is 0. The maximum Gasteiger partial charge on any atom is 0.168 e. The molecule has 0 fully saturated rings. The van der Waals surface area contributed by atoms with Crippen molar-refractivity contribution in [3.63, 3.8) is 0 Å². The van der Waals surface area contributed by atoms with E-state index in [0.29, 0.717) is 0 Å². The summed E-state index contributed by atoms with van der Waals surface area (Å²) in [6.45, 7) is 21.4. The number of fused-ring (bicyclic) bond motifs is 2. The van der Waals surface area contributed by atoms with Crippen LogP contribution >= 0.6 is 0 Å². The third-order valence-corrected chi connectivity index (χ3v) is 5.23. The third-order valence-electron chi connectivity index (χ3n) is 5.23. The fraction of sp³-hybridized carbons (Fsp3) is 0.519. The Bertz CT molecular complexity index is 939. The fourth-order valence-electron chi connectivity index (χ4n) is 4.01. The van der Waals surface area contributed by atoms with Crippen LogP contribution in [0.1, 0.15) is 72.7 Å². The van der Waals surface area contributed by atoms with Gasteiger partial charge in [-0.25, -0.2) is 0 Å². The van der Waals surface area contributed by atoms with Crippen LogP contribution in [-0.2, 0) is 0 Å². The van der Waals surface area contributed by atoms with Gasteiger partial charge in [-0.15, -0.1) is 0 Å². The van der Waals surface area contributed by atoms with Gasteiger partial charge in [0.15, 0.2) is 5.78 Å². The molecule has 0 bridgehead atoms. The summed E-state index contributed by atoms with van der Waals surface area (Å²) in [5.74, 6) is 0.183. The molecule has 0 saturated carbocycles. The number of nitrogens with zero attached hydrogens (tertiary/aromatic N) is 2. The smallest absolute Gasteiger partial charge is 0.168 e. The summed E-state index contributed by atoms with van der Waals surface area (Å²) in [5, 5.41) is 0. The normalized spacial score (nSPS) is 14.4. The number of carbonyl (C=O) groups is 1. The van der Waals surface area contributed by atoms with Gasteiger partial charge in [0.25, 0.3) is 0 Å². The van der Waals surface area contributed by atoms with Gasteiger partial charge in [0, 0.05) is 24.1 Å². The summed E-state index contributed by atoms with van der Waals surface area (Å²) in [7, 11) is 0. The van der Waals surface area contributed by atoms with Crippen LogP contribution in [0.2, 0.25) is 0 Å². The molecule has 1 aliphatic heterocycles. The van der Waals surface area contributed by atoms with E-state index < -0.39 is 5.41 Å². The number of Topliss-reactive ketones (excluding diaryl/α,β-unsaturated/α-hetero) is 1. The molecule has 0 aromatic heterocycles. The maximum absolute atomic E-state index is 13.1. The Balaban J connectivity index is 2.23. The molecule has 1 aliphatic rings. The van der Waals surface area contributed by atoms with Crippen LogP contribution in [0.5, 0.6) is 0 Å². The highest BCUT2D eigenvalue weighted by Crippen LogP contribution is 2.50. The van der Waals surface area contributed by atoms with Crippen LogP contribution in [0.3, 0.4) is 0 Å². The number of hydrogen-bond donors (Lipinski definition) is 0. The molecule has 3 heteroatoms. The van der Waals surface area contributed by atoms with Gasteiger partial charge in [-0.05, 0) is 41.2 Å². The van der Waals surface area contributed by atoms with E-state index in [4.69, 9.17) is 0 Å². The van der Waals surface area contributed by atoms with Crippen LogP contribution < -0.4 is 9.80 Å². The van der Waals surface area contributed by atoms with E-state index in [2.05, 4.69) is 87.7 Å². The second-order valence-corrected chi connectivity index (χ2v) is 12.1. The van der Waals surface area contributed by atoms with Gasteiger partial charge in [0.1, 0.15) is 0 Å². The zero-order valence-electron chi connectivity index (χ0n) is 20.3. The van der Waals surface area contributed by atoms with E-state index >= 15 is 0 Å². The Morgan fingerprint density at radius 2 is 1.10 bits per heavy atom. The summed E-state index contributed by atoms with van der Waals surface area (Å²) in [6, 6.07) is 14.9. The standard InChI is InChI=1S/C27H38N2O/c1-25(2,3)17-28-20-12-10-11-13-21(20)29(18-26(4,5)6)23-16-19(14-15-22(23)28)24(30)27(7,8)9/h10-16H,17-18H2,1-9H3. The van der Waals surface area contributed by atoms with E-state index in [1.807, 2.05) is 26.8 Å². The van der Waals surface area contributed by atoms with E-state index in [0.717, 1.165) is 24.3 Å². The van der Waals surface area contributed by atoms with Gasteiger partial charge >= 0.3 is 0 Å². The lowest BCUT2D eigenvalue weighted by molar-refractivity contribution is 0.0858. The average Bonchev–Trinajstić information content (AvgIpc) is 2.60. The summed E-state index contributed by atoms with van der Waals surface area (Å²) in [5.41, 5.74) is 5.39. The van der Waals surface area contributed by atoms with Crippen molar-refractivity contribution in [2.24, 2.45) is 16.2 Å². The molecule has 1 heterocycles. The lowest BCUT2D eigenvalue weighted by Crippen LogP contribution is -2.38. The lowest BCUT2D eigenvalue weighted by Gasteiger charge is -2.44. The molecule has 3 rings (SSSR count). The average molecular weight is 407 g/mol. The van der Waals surface area contributed by atoms with Gasteiger partial charge in [-0.3, -0.25) is 4.79 Å². The lowest BCUT2D eigenvalue weighted by atomic mass is 9.85.